The molecule has 1 atom stereocenters. The smallest absolute Gasteiger partial charge is 0.217 e. The molecule has 0 aliphatic heterocycles. The van der Waals surface area contributed by atoms with Crippen molar-refractivity contribution in [2.45, 2.75) is 90.5 Å². The maximum absolute atomic E-state index is 11.6. The van der Waals surface area contributed by atoms with E-state index in [4.69, 9.17) is 11.6 Å². The molecule has 1 amide bonds. The Morgan fingerprint density at radius 1 is 0.917 bits per heavy atom. The summed E-state index contributed by atoms with van der Waals surface area (Å²) in [5.74, 6) is 1.36. The van der Waals surface area contributed by atoms with Crippen LogP contribution in [-0.4, -0.2) is 35.1 Å². The lowest BCUT2D eigenvalue weighted by molar-refractivity contribution is -0.124. The van der Waals surface area contributed by atoms with E-state index in [-0.39, 0.29) is 17.6 Å². The Balaban J connectivity index is 3.42. The molecule has 0 fully saturated rings. The minimum atomic E-state index is -0.433. The monoisotopic (exact) mass is 377 g/mol. The van der Waals surface area contributed by atoms with Gasteiger partial charge in [-0.05, 0) is 12.2 Å². The Morgan fingerprint density at radius 2 is 1.42 bits per heavy atom. The van der Waals surface area contributed by atoms with E-state index in [0.717, 1.165) is 5.75 Å². The third-order valence-corrected chi connectivity index (χ3v) is 5.48. The first-order chi connectivity index (χ1) is 11.6. The molecule has 0 radical (unpaired) electrons. The second-order valence-electron chi connectivity index (χ2n) is 6.46. The number of carbonyl (C=O) groups excluding carboxylic acids is 2. The number of unbranched alkanes of at least 4 members (excludes halogenated alkanes) is 10. The van der Waals surface area contributed by atoms with Crippen molar-refractivity contribution in [1.82, 2.24) is 5.32 Å². The SMILES string of the molecule is CCCCCCCCCCCCCSC[C@H](NC(C)=O)C(=O)CCl. The Bertz CT molecular complexity index is 326. The second kappa shape index (κ2) is 17.6. The molecule has 1 N–H and O–H groups in total. The molecular formula is C19H36ClNO2S. The number of halogens is 1. The van der Waals surface area contributed by atoms with Crippen molar-refractivity contribution in [3.63, 3.8) is 0 Å². The Morgan fingerprint density at radius 3 is 1.88 bits per heavy atom. The van der Waals surface area contributed by atoms with Crippen LogP contribution in [0, 0.1) is 0 Å². The second-order valence-corrected chi connectivity index (χ2v) is 7.88. The molecule has 0 spiro atoms. The molecule has 0 bridgehead atoms. The topological polar surface area (TPSA) is 46.2 Å². The molecule has 0 heterocycles. The third-order valence-electron chi connectivity index (χ3n) is 4.07. The van der Waals surface area contributed by atoms with Crippen LogP contribution in [0.3, 0.4) is 0 Å². The van der Waals surface area contributed by atoms with Crippen LogP contribution in [0.4, 0.5) is 0 Å². The van der Waals surface area contributed by atoms with Crippen LogP contribution < -0.4 is 5.32 Å². The van der Waals surface area contributed by atoms with E-state index in [1.807, 2.05) is 0 Å². The zero-order valence-electron chi connectivity index (χ0n) is 15.6. The van der Waals surface area contributed by atoms with Gasteiger partial charge in [0.15, 0.2) is 5.78 Å². The fourth-order valence-electron chi connectivity index (χ4n) is 2.62. The Labute approximate surface area is 158 Å². The molecule has 0 rings (SSSR count). The summed E-state index contributed by atoms with van der Waals surface area (Å²) in [6, 6.07) is -0.433. The molecule has 5 heteroatoms. The van der Waals surface area contributed by atoms with E-state index >= 15 is 0 Å². The van der Waals surface area contributed by atoms with Crippen molar-refractivity contribution < 1.29 is 9.59 Å². The van der Waals surface area contributed by atoms with Crippen molar-refractivity contribution in [3.8, 4) is 0 Å². The van der Waals surface area contributed by atoms with Crippen molar-refractivity contribution in [2.24, 2.45) is 0 Å². The van der Waals surface area contributed by atoms with Gasteiger partial charge in [0.05, 0.1) is 11.9 Å². The van der Waals surface area contributed by atoms with Crippen LogP contribution in [0.25, 0.3) is 0 Å². The first-order valence-electron chi connectivity index (χ1n) is 9.55. The zero-order valence-corrected chi connectivity index (χ0v) is 17.2. The summed E-state index contributed by atoms with van der Waals surface area (Å²) in [6.07, 6.45) is 14.8. The fourth-order valence-corrected chi connectivity index (χ4v) is 3.89. The quantitative estimate of drug-likeness (QED) is 0.275. The van der Waals surface area contributed by atoms with Crippen molar-refractivity contribution in [2.75, 3.05) is 17.4 Å². The van der Waals surface area contributed by atoms with E-state index < -0.39 is 6.04 Å². The van der Waals surface area contributed by atoms with Gasteiger partial charge in [-0.15, -0.1) is 11.6 Å². The van der Waals surface area contributed by atoms with Gasteiger partial charge in [-0.2, -0.15) is 11.8 Å². The predicted octanol–water partition coefficient (Wildman–Crippen LogP) is 5.34. The maximum Gasteiger partial charge on any atom is 0.217 e. The van der Waals surface area contributed by atoms with Crippen molar-refractivity contribution in [3.05, 3.63) is 0 Å². The molecule has 0 aromatic heterocycles. The van der Waals surface area contributed by atoms with E-state index in [0.29, 0.717) is 5.75 Å². The highest BCUT2D eigenvalue weighted by Gasteiger charge is 2.17. The lowest BCUT2D eigenvalue weighted by Gasteiger charge is -2.15. The van der Waals surface area contributed by atoms with E-state index in [2.05, 4.69) is 12.2 Å². The molecule has 0 saturated heterocycles. The molecule has 0 aliphatic carbocycles. The molecule has 0 saturated carbocycles. The minimum Gasteiger partial charge on any atom is -0.346 e. The largest absolute Gasteiger partial charge is 0.346 e. The number of ketones is 1. The molecule has 0 unspecified atom stereocenters. The fraction of sp³-hybridized carbons (Fsp3) is 0.895. The highest BCUT2D eigenvalue weighted by atomic mass is 35.5. The van der Waals surface area contributed by atoms with E-state index in [1.54, 1.807) is 11.8 Å². The zero-order chi connectivity index (χ0) is 18.0. The van der Waals surface area contributed by atoms with Gasteiger partial charge in [0, 0.05) is 12.7 Å². The Kier molecular flexibility index (Phi) is 17.4. The average Bonchev–Trinajstić information content (AvgIpc) is 2.56. The van der Waals surface area contributed by atoms with E-state index in [9.17, 15) is 9.59 Å². The molecule has 0 aliphatic rings. The van der Waals surface area contributed by atoms with Crippen LogP contribution in [0.5, 0.6) is 0 Å². The van der Waals surface area contributed by atoms with Gasteiger partial charge in [0.25, 0.3) is 0 Å². The highest BCUT2D eigenvalue weighted by molar-refractivity contribution is 7.99. The summed E-state index contributed by atoms with van der Waals surface area (Å²) in [5.41, 5.74) is 0. The lowest BCUT2D eigenvalue weighted by Crippen LogP contribution is -2.42. The summed E-state index contributed by atoms with van der Waals surface area (Å²) in [6.45, 7) is 3.69. The van der Waals surface area contributed by atoms with Gasteiger partial charge >= 0.3 is 0 Å². The number of alkyl halides is 1. The highest BCUT2D eigenvalue weighted by Crippen LogP contribution is 2.13. The Hall–Kier alpha value is -0.220. The first-order valence-corrected chi connectivity index (χ1v) is 11.2. The molecule has 3 nitrogen and oxygen atoms in total. The summed E-state index contributed by atoms with van der Waals surface area (Å²) in [4.78, 5) is 22.7. The van der Waals surface area contributed by atoms with Gasteiger partial charge in [0.2, 0.25) is 5.91 Å². The number of Topliss-reactive ketones (excluding diaryl/α,β-unsaturated/α-hetero) is 1. The van der Waals surface area contributed by atoms with Gasteiger partial charge in [0.1, 0.15) is 0 Å². The number of nitrogens with one attached hydrogen (secondary N) is 1. The van der Waals surface area contributed by atoms with Crippen molar-refractivity contribution in [1.29, 1.82) is 0 Å². The summed E-state index contributed by atoms with van der Waals surface area (Å²) in [5, 5.41) is 2.68. The normalized spacial score (nSPS) is 12.1. The molecule has 142 valence electrons. The number of carbonyl (C=O) groups is 2. The lowest BCUT2D eigenvalue weighted by atomic mass is 10.1. The number of amides is 1. The third kappa shape index (κ3) is 15.3. The first kappa shape index (κ1) is 23.8. The average molecular weight is 378 g/mol. The van der Waals surface area contributed by atoms with Crippen LogP contribution >= 0.6 is 23.4 Å². The van der Waals surface area contributed by atoms with Crippen LogP contribution in [-0.2, 0) is 9.59 Å². The van der Waals surface area contributed by atoms with Gasteiger partial charge < -0.3 is 5.32 Å². The summed E-state index contributed by atoms with van der Waals surface area (Å²) in [7, 11) is 0. The minimum absolute atomic E-state index is 0.0377. The molecule has 0 aromatic carbocycles. The number of thioether (sulfide) groups is 1. The van der Waals surface area contributed by atoms with Gasteiger partial charge in [-0.3, -0.25) is 9.59 Å². The van der Waals surface area contributed by atoms with E-state index in [1.165, 1.54) is 77.6 Å². The number of hydrogen-bond acceptors (Lipinski definition) is 3. The van der Waals surface area contributed by atoms with Crippen LogP contribution in [0.2, 0.25) is 0 Å². The standard InChI is InChI=1S/C19H36ClNO2S/c1-3-4-5-6-7-8-9-10-11-12-13-14-24-16-18(19(23)15-20)21-17(2)22/h18H,3-16H2,1-2H3,(H,21,22)/t18-/m0/s1. The molecular weight excluding hydrogens is 342 g/mol. The molecule has 0 aromatic rings. The van der Waals surface area contributed by atoms with Crippen LogP contribution in [0.1, 0.15) is 84.5 Å². The molecule has 24 heavy (non-hydrogen) atoms. The van der Waals surface area contributed by atoms with Gasteiger partial charge in [-0.25, -0.2) is 0 Å². The maximum atomic E-state index is 11.6. The van der Waals surface area contributed by atoms with Crippen molar-refractivity contribution >= 4 is 35.1 Å². The summed E-state index contributed by atoms with van der Waals surface area (Å²) >= 11 is 7.31. The number of rotatable bonds is 17. The predicted molar refractivity (Wildman–Crippen MR) is 107 cm³/mol. The summed E-state index contributed by atoms with van der Waals surface area (Å²) < 4.78 is 0. The number of hydrogen-bond donors (Lipinski definition) is 1. The van der Waals surface area contributed by atoms with Crippen LogP contribution in [0.15, 0.2) is 0 Å². The van der Waals surface area contributed by atoms with Gasteiger partial charge in [-0.1, -0.05) is 71.1 Å².